The number of fused-ring (bicyclic) bond motifs is 1. The van der Waals surface area contributed by atoms with Crippen LogP contribution in [0.4, 0.5) is 0 Å². The molecule has 26 heavy (non-hydrogen) atoms. The molecule has 0 radical (unpaired) electrons. The first-order valence-corrected chi connectivity index (χ1v) is 8.31. The Morgan fingerprint density at radius 3 is 2.50 bits per heavy atom. The number of carbonyl (C=O) groups is 2. The van der Waals surface area contributed by atoms with E-state index in [2.05, 4.69) is 4.98 Å². The fourth-order valence-corrected chi connectivity index (χ4v) is 2.88. The molecule has 0 aliphatic carbocycles. The molecule has 5 nitrogen and oxygen atoms in total. The molecule has 0 saturated carbocycles. The van der Waals surface area contributed by atoms with Crippen LogP contribution in [0.25, 0.3) is 22.0 Å². The van der Waals surface area contributed by atoms with Gasteiger partial charge in [0.25, 0.3) is 0 Å². The van der Waals surface area contributed by atoms with Gasteiger partial charge in [-0.15, -0.1) is 0 Å². The topological polar surface area (TPSA) is 65.5 Å². The summed E-state index contributed by atoms with van der Waals surface area (Å²) in [6, 6.07) is 14.7. The number of hydrogen-bond acceptors (Lipinski definition) is 5. The van der Waals surface area contributed by atoms with Gasteiger partial charge in [-0.2, -0.15) is 0 Å². The molecule has 132 valence electrons. The van der Waals surface area contributed by atoms with E-state index in [-0.39, 0.29) is 5.97 Å². The van der Waals surface area contributed by atoms with E-state index in [9.17, 15) is 9.59 Å². The van der Waals surface area contributed by atoms with E-state index in [0.29, 0.717) is 23.4 Å². The summed E-state index contributed by atoms with van der Waals surface area (Å²) in [5.41, 5.74) is 3.93. The Hall–Kier alpha value is -3.21. The molecule has 0 unspecified atom stereocenters. The van der Waals surface area contributed by atoms with Crippen molar-refractivity contribution < 1.29 is 19.1 Å². The third kappa shape index (κ3) is 3.28. The quantitative estimate of drug-likeness (QED) is 0.661. The predicted molar refractivity (Wildman–Crippen MR) is 99.2 cm³/mol. The van der Waals surface area contributed by atoms with Gasteiger partial charge in [-0.25, -0.2) is 9.59 Å². The van der Waals surface area contributed by atoms with Gasteiger partial charge in [0.15, 0.2) is 0 Å². The number of methoxy groups -OCH3 is 1. The van der Waals surface area contributed by atoms with Gasteiger partial charge in [-0.3, -0.25) is 4.98 Å². The lowest BCUT2D eigenvalue weighted by molar-refractivity contribution is 0.0524. The van der Waals surface area contributed by atoms with Crippen molar-refractivity contribution in [2.75, 3.05) is 13.7 Å². The Bertz CT molecular complexity index is 994. The first kappa shape index (κ1) is 17.6. The molecule has 3 aromatic rings. The molecule has 0 N–H and O–H groups in total. The van der Waals surface area contributed by atoms with Crippen molar-refractivity contribution >= 4 is 22.8 Å². The number of carbonyl (C=O) groups excluding carboxylic acids is 2. The fourth-order valence-electron chi connectivity index (χ4n) is 2.88. The second-order valence-corrected chi connectivity index (χ2v) is 5.79. The van der Waals surface area contributed by atoms with E-state index in [1.165, 1.54) is 7.11 Å². The van der Waals surface area contributed by atoms with E-state index >= 15 is 0 Å². The van der Waals surface area contributed by atoms with Crippen LogP contribution in [0.2, 0.25) is 0 Å². The number of aromatic nitrogens is 1. The first-order valence-electron chi connectivity index (χ1n) is 8.31. The summed E-state index contributed by atoms with van der Waals surface area (Å²) in [5.74, 6) is -0.783. The molecule has 3 rings (SSSR count). The number of rotatable bonds is 4. The van der Waals surface area contributed by atoms with Gasteiger partial charge < -0.3 is 9.47 Å². The maximum absolute atomic E-state index is 12.1. The summed E-state index contributed by atoms with van der Waals surface area (Å²) < 4.78 is 9.96. The lowest BCUT2D eigenvalue weighted by atomic mass is 9.97. The predicted octanol–water partition coefficient (Wildman–Crippen LogP) is 4.17. The highest BCUT2D eigenvalue weighted by atomic mass is 16.5. The summed E-state index contributed by atoms with van der Waals surface area (Å²) in [6.07, 6.45) is 0. The largest absolute Gasteiger partial charge is 0.465 e. The van der Waals surface area contributed by atoms with Crippen molar-refractivity contribution in [2.45, 2.75) is 13.8 Å². The Morgan fingerprint density at radius 2 is 1.77 bits per heavy atom. The van der Waals surface area contributed by atoms with Crippen LogP contribution >= 0.6 is 0 Å². The molecule has 2 aromatic carbocycles. The van der Waals surface area contributed by atoms with Gasteiger partial charge in [0.2, 0.25) is 0 Å². The van der Waals surface area contributed by atoms with Crippen LogP contribution in [0.3, 0.4) is 0 Å². The fraction of sp³-hybridized carbons (Fsp3) is 0.190. The van der Waals surface area contributed by atoms with E-state index in [0.717, 1.165) is 22.0 Å². The lowest BCUT2D eigenvalue weighted by Gasteiger charge is -2.10. The van der Waals surface area contributed by atoms with Crippen LogP contribution in [0.5, 0.6) is 0 Å². The Kier molecular flexibility index (Phi) is 4.98. The Morgan fingerprint density at radius 1 is 1.00 bits per heavy atom. The molecule has 0 aliphatic rings. The zero-order chi connectivity index (χ0) is 18.7. The van der Waals surface area contributed by atoms with Gasteiger partial charge >= 0.3 is 11.9 Å². The Labute approximate surface area is 151 Å². The Balaban J connectivity index is 2.14. The van der Waals surface area contributed by atoms with Crippen molar-refractivity contribution in [1.82, 2.24) is 4.98 Å². The standard InChI is InChI=1S/C21H19NO4/c1-4-26-21(24)18-12-15-11-14(9-10-19(15)22-13(18)2)16-7-5-6-8-17(16)20(23)25-3/h5-12H,4H2,1-3H3. The number of nitrogens with zero attached hydrogens (tertiary/aromatic N) is 1. The molecule has 0 amide bonds. The van der Waals surface area contributed by atoms with Crippen molar-refractivity contribution in [1.29, 1.82) is 0 Å². The molecule has 1 aromatic heterocycles. The zero-order valence-corrected chi connectivity index (χ0v) is 14.9. The normalized spacial score (nSPS) is 10.6. The number of hydrogen-bond donors (Lipinski definition) is 0. The van der Waals surface area contributed by atoms with Gasteiger partial charge in [0, 0.05) is 5.39 Å². The first-order chi connectivity index (χ1) is 12.5. The van der Waals surface area contributed by atoms with Crippen LogP contribution in [0, 0.1) is 6.92 Å². The average molecular weight is 349 g/mol. The number of aryl methyl sites for hydroxylation is 1. The number of benzene rings is 2. The second kappa shape index (κ2) is 7.35. The number of pyridine rings is 1. The van der Waals surface area contributed by atoms with Crippen LogP contribution < -0.4 is 0 Å². The summed E-state index contributed by atoms with van der Waals surface area (Å²) in [7, 11) is 1.36. The van der Waals surface area contributed by atoms with Crippen LogP contribution in [-0.2, 0) is 9.47 Å². The highest BCUT2D eigenvalue weighted by molar-refractivity contribution is 6.00. The molecule has 5 heteroatoms. The average Bonchev–Trinajstić information content (AvgIpc) is 2.66. The summed E-state index contributed by atoms with van der Waals surface area (Å²) in [5, 5.41) is 0.802. The third-order valence-electron chi connectivity index (χ3n) is 4.14. The van der Waals surface area contributed by atoms with E-state index in [1.807, 2.05) is 30.3 Å². The molecule has 1 heterocycles. The minimum atomic E-state index is -0.394. The lowest BCUT2D eigenvalue weighted by Crippen LogP contribution is -2.08. The van der Waals surface area contributed by atoms with Crippen molar-refractivity contribution in [3.05, 3.63) is 65.4 Å². The van der Waals surface area contributed by atoms with Crippen LogP contribution in [-0.4, -0.2) is 30.6 Å². The van der Waals surface area contributed by atoms with Crippen molar-refractivity contribution in [2.24, 2.45) is 0 Å². The molecule has 0 saturated heterocycles. The van der Waals surface area contributed by atoms with Gasteiger partial charge in [-0.05, 0) is 49.2 Å². The molecule has 0 aliphatic heterocycles. The highest BCUT2D eigenvalue weighted by Crippen LogP contribution is 2.28. The SMILES string of the molecule is CCOC(=O)c1cc2cc(-c3ccccc3C(=O)OC)ccc2nc1C. The minimum absolute atomic E-state index is 0.308. The van der Waals surface area contributed by atoms with E-state index in [4.69, 9.17) is 9.47 Å². The van der Waals surface area contributed by atoms with Crippen molar-refractivity contribution in [3.8, 4) is 11.1 Å². The molecule has 0 fully saturated rings. The van der Waals surface area contributed by atoms with E-state index < -0.39 is 5.97 Å². The molecule has 0 atom stereocenters. The second-order valence-electron chi connectivity index (χ2n) is 5.79. The minimum Gasteiger partial charge on any atom is -0.465 e. The van der Waals surface area contributed by atoms with Gasteiger partial charge in [-0.1, -0.05) is 24.3 Å². The maximum Gasteiger partial charge on any atom is 0.339 e. The summed E-state index contributed by atoms with van der Waals surface area (Å²) in [4.78, 5) is 28.7. The third-order valence-corrected chi connectivity index (χ3v) is 4.14. The molecule has 0 bridgehead atoms. The van der Waals surface area contributed by atoms with Crippen LogP contribution in [0.15, 0.2) is 48.5 Å². The molecular formula is C21H19NO4. The van der Waals surface area contributed by atoms with Crippen LogP contribution in [0.1, 0.15) is 33.3 Å². The highest BCUT2D eigenvalue weighted by Gasteiger charge is 2.15. The molecule has 0 spiro atoms. The van der Waals surface area contributed by atoms with Crippen molar-refractivity contribution in [3.63, 3.8) is 0 Å². The summed E-state index contributed by atoms with van der Waals surface area (Å²) in [6.45, 7) is 3.86. The number of esters is 2. The monoisotopic (exact) mass is 349 g/mol. The maximum atomic E-state index is 12.1. The van der Waals surface area contributed by atoms with Gasteiger partial charge in [0.1, 0.15) is 0 Å². The van der Waals surface area contributed by atoms with E-state index in [1.54, 1.807) is 32.0 Å². The number of ether oxygens (including phenoxy) is 2. The molecular weight excluding hydrogens is 330 g/mol. The smallest absolute Gasteiger partial charge is 0.339 e. The summed E-state index contributed by atoms with van der Waals surface area (Å²) >= 11 is 0. The zero-order valence-electron chi connectivity index (χ0n) is 14.9. The van der Waals surface area contributed by atoms with Gasteiger partial charge in [0.05, 0.1) is 36.1 Å².